The highest BCUT2D eigenvalue weighted by Gasteiger charge is 2.28. The number of carboxylic acid groups (broad SMARTS) is 1. The average molecular weight is 514 g/mol. The molecule has 1 aliphatic carbocycles. The van der Waals surface area contributed by atoms with Crippen molar-refractivity contribution >= 4 is 17.1 Å². The number of ether oxygens (including phenoxy) is 1. The number of carbonyl (C=O) groups is 1. The molecule has 1 heterocycles. The monoisotopic (exact) mass is 513 g/mol. The van der Waals surface area contributed by atoms with E-state index in [4.69, 9.17) is 4.74 Å². The number of hydrogen-bond acceptors (Lipinski definition) is 3. The Hall–Kier alpha value is -3.44. The topological polar surface area (TPSA) is 58.6 Å². The third kappa shape index (κ3) is 5.53. The molecule has 5 heteroatoms. The molecule has 0 amide bonds. The van der Waals surface area contributed by atoms with E-state index in [0.29, 0.717) is 12.0 Å². The normalized spacial score (nSPS) is 17.7. The lowest BCUT2D eigenvalue weighted by molar-refractivity contribution is -0.146. The Morgan fingerprint density at radius 3 is 2.50 bits per heavy atom. The van der Waals surface area contributed by atoms with Gasteiger partial charge in [0.25, 0.3) is 0 Å². The van der Waals surface area contributed by atoms with Gasteiger partial charge in [-0.15, -0.1) is 0 Å². The van der Waals surface area contributed by atoms with Gasteiger partial charge in [0.15, 0.2) is 0 Å². The summed E-state index contributed by atoms with van der Waals surface area (Å²) in [6, 6.07) is 19.9. The van der Waals surface area contributed by atoms with Crippen molar-refractivity contribution in [3.63, 3.8) is 0 Å². The number of aliphatic carboxylic acids is 1. The number of allylic oxidation sites excluding steroid dienone is 1. The highest BCUT2D eigenvalue weighted by atomic mass is 19.1. The van der Waals surface area contributed by atoms with Gasteiger partial charge in [-0.25, -0.2) is 4.39 Å². The van der Waals surface area contributed by atoms with Crippen molar-refractivity contribution in [2.45, 2.75) is 59.0 Å². The third-order valence-electron chi connectivity index (χ3n) is 7.75. The summed E-state index contributed by atoms with van der Waals surface area (Å²) in [6.45, 7) is 7.26. The zero-order valence-corrected chi connectivity index (χ0v) is 22.4. The predicted molar refractivity (Wildman–Crippen MR) is 150 cm³/mol. The first kappa shape index (κ1) is 26.2. The van der Waals surface area contributed by atoms with Crippen LogP contribution >= 0.6 is 0 Å². The molecule has 1 aliphatic heterocycles. The average Bonchev–Trinajstić information content (AvgIpc) is 3.31. The Balaban J connectivity index is 1.60. The lowest BCUT2D eigenvalue weighted by Crippen LogP contribution is -2.26. The van der Waals surface area contributed by atoms with Crippen molar-refractivity contribution < 1.29 is 19.0 Å². The predicted octanol–water partition coefficient (Wildman–Crippen LogP) is 6.82. The number of hydrogen-bond donors (Lipinski definition) is 2. The maximum atomic E-state index is 15.3. The van der Waals surface area contributed by atoms with Gasteiger partial charge in [-0.05, 0) is 117 Å². The van der Waals surface area contributed by atoms with E-state index in [1.54, 1.807) is 19.9 Å². The first-order valence-electron chi connectivity index (χ1n) is 13.5. The quantitative estimate of drug-likeness (QED) is 0.364. The number of halogens is 1. The van der Waals surface area contributed by atoms with Gasteiger partial charge in [0.1, 0.15) is 17.7 Å². The molecule has 0 bridgehead atoms. The molecule has 4 nitrogen and oxygen atoms in total. The lowest BCUT2D eigenvalue weighted by Gasteiger charge is -2.21. The van der Waals surface area contributed by atoms with Gasteiger partial charge in [0, 0.05) is 12.1 Å². The summed E-state index contributed by atoms with van der Waals surface area (Å²) in [5.74, 6) is -0.165. The van der Waals surface area contributed by atoms with E-state index >= 15 is 4.39 Å². The number of nitrogens with one attached hydrogen (secondary N) is 1. The summed E-state index contributed by atoms with van der Waals surface area (Å²) >= 11 is 0. The van der Waals surface area contributed by atoms with E-state index in [1.807, 2.05) is 37.3 Å². The first-order chi connectivity index (χ1) is 18.2. The van der Waals surface area contributed by atoms with Gasteiger partial charge in [-0.1, -0.05) is 42.5 Å². The summed E-state index contributed by atoms with van der Waals surface area (Å²) in [4.78, 5) is 11.7. The fraction of sp³-hybridized carbons (Fsp3) is 0.364. The SMILES string of the molecule is Cc1ccc(C2=C(c3ccc(O[C@H]4CCNC4)cc3)c3ccc(CC(C)(C)C(=O)O)cc3CCC2)c(F)c1. The van der Waals surface area contributed by atoms with Gasteiger partial charge < -0.3 is 15.2 Å². The molecule has 1 saturated heterocycles. The molecule has 0 radical (unpaired) electrons. The molecule has 0 aromatic heterocycles. The van der Waals surface area contributed by atoms with E-state index in [2.05, 4.69) is 29.6 Å². The summed E-state index contributed by atoms with van der Waals surface area (Å²) in [5, 5.41) is 13.0. The molecule has 0 saturated carbocycles. The van der Waals surface area contributed by atoms with Crippen LogP contribution in [0.1, 0.15) is 66.5 Å². The summed E-state index contributed by atoms with van der Waals surface area (Å²) < 4.78 is 21.5. The molecule has 198 valence electrons. The van der Waals surface area contributed by atoms with Crippen LogP contribution < -0.4 is 10.1 Å². The second kappa shape index (κ2) is 10.7. The van der Waals surface area contributed by atoms with Crippen molar-refractivity contribution in [1.82, 2.24) is 5.32 Å². The second-order valence-corrected chi connectivity index (χ2v) is 11.3. The fourth-order valence-corrected chi connectivity index (χ4v) is 5.62. The maximum Gasteiger partial charge on any atom is 0.309 e. The van der Waals surface area contributed by atoms with E-state index in [-0.39, 0.29) is 11.9 Å². The van der Waals surface area contributed by atoms with Gasteiger partial charge in [-0.2, -0.15) is 0 Å². The molecule has 5 rings (SSSR count). The minimum absolute atomic E-state index is 0.185. The molecule has 3 aromatic rings. The first-order valence-corrected chi connectivity index (χ1v) is 13.5. The van der Waals surface area contributed by atoms with E-state index < -0.39 is 11.4 Å². The van der Waals surface area contributed by atoms with Crippen LogP contribution in [0.4, 0.5) is 4.39 Å². The van der Waals surface area contributed by atoms with Gasteiger partial charge in [0.2, 0.25) is 0 Å². The van der Waals surface area contributed by atoms with Gasteiger partial charge >= 0.3 is 5.97 Å². The Morgan fingerprint density at radius 2 is 1.82 bits per heavy atom. The number of aryl methyl sites for hydroxylation is 2. The summed E-state index contributed by atoms with van der Waals surface area (Å²) in [7, 11) is 0. The molecule has 2 aliphatic rings. The van der Waals surface area contributed by atoms with E-state index in [0.717, 1.165) is 77.9 Å². The van der Waals surface area contributed by atoms with Crippen LogP contribution in [0, 0.1) is 18.2 Å². The van der Waals surface area contributed by atoms with Crippen molar-refractivity contribution in [1.29, 1.82) is 0 Å². The van der Waals surface area contributed by atoms with Crippen molar-refractivity contribution in [3.8, 4) is 5.75 Å². The molecule has 38 heavy (non-hydrogen) atoms. The number of carboxylic acids is 1. The lowest BCUT2D eigenvalue weighted by atomic mass is 9.83. The van der Waals surface area contributed by atoms with Crippen LogP contribution in [-0.2, 0) is 17.6 Å². The molecule has 2 N–H and O–H groups in total. The van der Waals surface area contributed by atoms with Crippen LogP contribution in [0.2, 0.25) is 0 Å². The van der Waals surface area contributed by atoms with Crippen molar-refractivity contribution in [3.05, 3.63) is 99.9 Å². The van der Waals surface area contributed by atoms with Crippen LogP contribution in [0.5, 0.6) is 5.75 Å². The molecule has 1 atom stereocenters. The van der Waals surface area contributed by atoms with Crippen molar-refractivity contribution in [2.75, 3.05) is 13.1 Å². The third-order valence-corrected chi connectivity index (χ3v) is 7.75. The molecule has 0 unspecified atom stereocenters. The van der Waals surface area contributed by atoms with E-state index in [1.165, 1.54) is 5.56 Å². The largest absolute Gasteiger partial charge is 0.489 e. The molecule has 0 spiro atoms. The fourth-order valence-electron chi connectivity index (χ4n) is 5.62. The minimum atomic E-state index is -0.849. The summed E-state index contributed by atoms with van der Waals surface area (Å²) in [5.41, 5.74) is 7.04. The standard InChI is InChI=1S/C33H36FNO3/c1-21-7-13-28(30(34)17-21)29-6-4-5-24-18-22(19-33(2,3)32(36)37)8-14-27(24)31(29)23-9-11-25(12-10-23)38-26-15-16-35-20-26/h7-14,17-18,26,35H,4-6,15-16,19-20H2,1-3H3,(H,36,37)/t26-/m0/s1. The molecular formula is C33H36FNO3. The highest BCUT2D eigenvalue weighted by Crippen LogP contribution is 2.41. The molecular weight excluding hydrogens is 477 g/mol. The number of benzene rings is 3. The zero-order chi connectivity index (χ0) is 26.9. The Labute approximate surface area is 224 Å². The van der Waals surface area contributed by atoms with Crippen molar-refractivity contribution in [2.24, 2.45) is 5.41 Å². The maximum absolute atomic E-state index is 15.3. The number of fused-ring (bicyclic) bond motifs is 1. The summed E-state index contributed by atoms with van der Waals surface area (Å²) in [6.07, 6.45) is 4.14. The number of rotatable bonds is 7. The van der Waals surface area contributed by atoms with Crippen LogP contribution in [0.25, 0.3) is 11.1 Å². The molecule has 1 fully saturated rings. The van der Waals surface area contributed by atoms with Crippen LogP contribution in [0.15, 0.2) is 60.7 Å². The molecule has 3 aromatic carbocycles. The van der Waals surface area contributed by atoms with Gasteiger partial charge in [0.05, 0.1) is 5.41 Å². The Kier molecular flexibility index (Phi) is 7.40. The smallest absolute Gasteiger partial charge is 0.309 e. The zero-order valence-electron chi connectivity index (χ0n) is 22.4. The Bertz CT molecular complexity index is 1370. The van der Waals surface area contributed by atoms with Crippen LogP contribution in [0.3, 0.4) is 0 Å². The second-order valence-electron chi connectivity index (χ2n) is 11.3. The Morgan fingerprint density at radius 1 is 1.05 bits per heavy atom. The van der Waals surface area contributed by atoms with Gasteiger partial charge in [-0.3, -0.25) is 4.79 Å². The van der Waals surface area contributed by atoms with Crippen LogP contribution in [-0.4, -0.2) is 30.3 Å². The minimum Gasteiger partial charge on any atom is -0.489 e. The van der Waals surface area contributed by atoms with E-state index in [9.17, 15) is 9.90 Å². The highest BCUT2D eigenvalue weighted by molar-refractivity contribution is 6.00.